The molecule has 4 heteroatoms. The predicted molar refractivity (Wildman–Crippen MR) is 75.3 cm³/mol. The SMILES string of the molecule is CC(Cl)c1nc2ccccc2n1-c1ccccc1F. The number of alkyl halides is 1. The van der Waals surface area contributed by atoms with Crippen molar-refractivity contribution in [2.75, 3.05) is 0 Å². The van der Waals surface area contributed by atoms with Crippen LogP contribution in [0.5, 0.6) is 0 Å². The number of fused-ring (bicyclic) bond motifs is 1. The number of benzene rings is 2. The molecule has 2 aromatic carbocycles. The van der Waals surface area contributed by atoms with Gasteiger partial charge in [0.05, 0.1) is 22.1 Å². The van der Waals surface area contributed by atoms with Gasteiger partial charge in [-0.2, -0.15) is 0 Å². The van der Waals surface area contributed by atoms with Crippen LogP contribution in [0.15, 0.2) is 48.5 Å². The van der Waals surface area contributed by atoms with Gasteiger partial charge >= 0.3 is 0 Å². The number of imidazole rings is 1. The van der Waals surface area contributed by atoms with Crippen molar-refractivity contribution in [1.82, 2.24) is 9.55 Å². The number of rotatable bonds is 2. The molecule has 0 bridgehead atoms. The molecular formula is C15H12ClFN2. The normalized spacial score (nSPS) is 12.8. The molecule has 2 nitrogen and oxygen atoms in total. The minimum atomic E-state index is -0.299. The highest BCUT2D eigenvalue weighted by Crippen LogP contribution is 2.28. The Kier molecular flexibility index (Phi) is 2.99. The second-order valence-corrected chi connectivity index (χ2v) is 5.02. The van der Waals surface area contributed by atoms with Gasteiger partial charge in [-0.25, -0.2) is 9.37 Å². The van der Waals surface area contributed by atoms with E-state index < -0.39 is 0 Å². The standard InChI is InChI=1S/C15H12ClFN2/c1-10(16)15-18-12-7-3-5-9-14(12)19(15)13-8-4-2-6-11(13)17/h2-10H,1H3. The molecule has 96 valence electrons. The third-order valence-electron chi connectivity index (χ3n) is 3.04. The van der Waals surface area contributed by atoms with Crippen LogP contribution in [0.3, 0.4) is 0 Å². The maximum absolute atomic E-state index is 14.0. The maximum Gasteiger partial charge on any atom is 0.147 e. The van der Waals surface area contributed by atoms with Crippen LogP contribution < -0.4 is 0 Å². The summed E-state index contributed by atoms with van der Waals surface area (Å²) in [4.78, 5) is 4.49. The first-order valence-electron chi connectivity index (χ1n) is 6.05. The fraction of sp³-hybridized carbons (Fsp3) is 0.133. The fourth-order valence-corrected chi connectivity index (χ4v) is 2.34. The molecule has 0 fully saturated rings. The second-order valence-electron chi connectivity index (χ2n) is 4.36. The molecule has 0 aliphatic carbocycles. The first-order chi connectivity index (χ1) is 9.18. The molecule has 1 heterocycles. The van der Waals surface area contributed by atoms with Gasteiger partial charge in [0.2, 0.25) is 0 Å². The minimum absolute atomic E-state index is 0.288. The minimum Gasteiger partial charge on any atom is -0.292 e. The van der Waals surface area contributed by atoms with Crippen LogP contribution in [0.1, 0.15) is 18.1 Å². The number of halogens is 2. The van der Waals surface area contributed by atoms with Gasteiger partial charge in [-0.15, -0.1) is 11.6 Å². The Morgan fingerprint density at radius 2 is 1.79 bits per heavy atom. The van der Waals surface area contributed by atoms with Crippen LogP contribution >= 0.6 is 11.6 Å². The van der Waals surface area contributed by atoms with Crippen LogP contribution in [0.4, 0.5) is 4.39 Å². The van der Waals surface area contributed by atoms with E-state index in [1.807, 2.05) is 31.2 Å². The van der Waals surface area contributed by atoms with Crippen molar-refractivity contribution in [3.05, 3.63) is 60.2 Å². The zero-order valence-electron chi connectivity index (χ0n) is 10.3. The lowest BCUT2D eigenvalue weighted by molar-refractivity contribution is 0.616. The lowest BCUT2D eigenvalue weighted by Gasteiger charge is -2.11. The molecule has 0 aliphatic rings. The van der Waals surface area contributed by atoms with Gasteiger partial charge in [0.1, 0.15) is 11.6 Å². The topological polar surface area (TPSA) is 17.8 Å². The maximum atomic E-state index is 14.0. The van der Waals surface area contributed by atoms with Crippen molar-refractivity contribution in [3.8, 4) is 5.69 Å². The average Bonchev–Trinajstić information content (AvgIpc) is 2.79. The second kappa shape index (κ2) is 4.67. The van der Waals surface area contributed by atoms with E-state index in [0.29, 0.717) is 11.5 Å². The number of para-hydroxylation sites is 3. The molecule has 0 N–H and O–H groups in total. The van der Waals surface area contributed by atoms with Gasteiger partial charge in [0.25, 0.3) is 0 Å². The molecule has 0 saturated carbocycles. The van der Waals surface area contributed by atoms with E-state index >= 15 is 0 Å². The largest absolute Gasteiger partial charge is 0.292 e. The summed E-state index contributed by atoms with van der Waals surface area (Å²) < 4.78 is 15.8. The molecule has 0 radical (unpaired) electrons. The molecule has 0 aliphatic heterocycles. The zero-order valence-corrected chi connectivity index (χ0v) is 11.1. The van der Waals surface area contributed by atoms with Gasteiger partial charge in [-0.3, -0.25) is 4.57 Å². The van der Waals surface area contributed by atoms with E-state index in [4.69, 9.17) is 11.6 Å². The summed E-state index contributed by atoms with van der Waals surface area (Å²) in [5, 5.41) is -0.299. The van der Waals surface area contributed by atoms with E-state index in [1.165, 1.54) is 6.07 Å². The lowest BCUT2D eigenvalue weighted by atomic mass is 10.2. The highest BCUT2D eigenvalue weighted by molar-refractivity contribution is 6.20. The third-order valence-corrected chi connectivity index (χ3v) is 3.23. The Hall–Kier alpha value is -1.87. The predicted octanol–water partition coefficient (Wildman–Crippen LogP) is 4.46. The Morgan fingerprint density at radius 1 is 1.11 bits per heavy atom. The summed E-state index contributed by atoms with van der Waals surface area (Å²) >= 11 is 6.18. The van der Waals surface area contributed by atoms with Crippen LogP contribution in [0.25, 0.3) is 16.7 Å². The highest BCUT2D eigenvalue weighted by atomic mass is 35.5. The highest BCUT2D eigenvalue weighted by Gasteiger charge is 2.17. The summed E-state index contributed by atoms with van der Waals surface area (Å²) in [6.45, 7) is 1.83. The molecule has 1 aromatic heterocycles. The van der Waals surface area contributed by atoms with Gasteiger partial charge in [0, 0.05) is 0 Å². The van der Waals surface area contributed by atoms with E-state index in [-0.39, 0.29) is 11.2 Å². The van der Waals surface area contributed by atoms with Crippen molar-refractivity contribution < 1.29 is 4.39 Å². The van der Waals surface area contributed by atoms with E-state index in [1.54, 1.807) is 22.8 Å². The van der Waals surface area contributed by atoms with Crippen molar-refractivity contribution >= 4 is 22.6 Å². The summed E-state index contributed by atoms with van der Waals surface area (Å²) in [5.41, 5.74) is 2.14. The Bertz CT molecular complexity index is 734. The molecular weight excluding hydrogens is 263 g/mol. The zero-order chi connectivity index (χ0) is 13.4. The summed E-state index contributed by atoms with van der Waals surface area (Å²) in [5.74, 6) is 0.359. The van der Waals surface area contributed by atoms with E-state index in [9.17, 15) is 4.39 Å². The summed E-state index contributed by atoms with van der Waals surface area (Å²) in [6.07, 6.45) is 0. The van der Waals surface area contributed by atoms with Gasteiger partial charge in [0.15, 0.2) is 0 Å². The monoisotopic (exact) mass is 274 g/mol. The molecule has 0 amide bonds. The number of nitrogens with zero attached hydrogens (tertiary/aromatic N) is 2. The number of aromatic nitrogens is 2. The Balaban J connectivity index is 2.38. The molecule has 1 atom stereocenters. The van der Waals surface area contributed by atoms with Crippen molar-refractivity contribution in [1.29, 1.82) is 0 Å². The smallest absolute Gasteiger partial charge is 0.147 e. The quantitative estimate of drug-likeness (QED) is 0.631. The third kappa shape index (κ3) is 2.00. The first-order valence-corrected chi connectivity index (χ1v) is 6.48. The van der Waals surface area contributed by atoms with E-state index in [2.05, 4.69) is 4.98 Å². The van der Waals surface area contributed by atoms with E-state index in [0.717, 1.165) is 11.0 Å². The van der Waals surface area contributed by atoms with Crippen molar-refractivity contribution in [2.24, 2.45) is 0 Å². The molecule has 19 heavy (non-hydrogen) atoms. The lowest BCUT2D eigenvalue weighted by Crippen LogP contribution is -2.03. The van der Waals surface area contributed by atoms with Crippen LogP contribution in [0.2, 0.25) is 0 Å². The summed E-state index contributed by atoms with van der Waals surface area (Å²) in [6, 6.07) is 14.3. The van der Waals surface area contributed by atoms with Gasteiger partial charge < -0.3 is 0 Å². The molecule has 0 saturated heterocycles. The average molecular weight is 275 g/mol. The number of hydrogen-bond donors (Lipinski definition) is 0. The van der Waals surface area contributed by atoms with Crippen LogP contribution in [-0.4, -0.2) is 9.55 Å². The summed E-state index contributed by atoms with van der Waals surface area (Å²) in [7, 11) is 0. The van der Waals surface area contributed by atoms with Crippen LogP contribution in [-0.2, 0) is 0 Å². The van der Waals surface area contributed by atoms with Crippen molar-refractivity contribution in [3.63, 3.8) is 0 Å². The molecule has 1 unspecified atom stereocenters. The van der Waals surface area contributed by atoms with Gasteiger partial charge in [-0.1, -0.05) is 24.3 Å². The number of hydrogen-bond acceptors (Lipinski definition) is 1. The van der Waals surface area contributed by atoms with Gasteiger partial charge in [-0.05, 0) is 31.2 Å². The van der Waals surface area contributed by atoms with Crippen molar-refractivity contribution in [2.45, 2.75) is 12.3 Å². The Labute approximate surface area is 115 Å². The first kappa shape index (κ1) is 12.2. The Morgan fingerprint density at radius 3 is 2.53 bits per heavy atom. The molecule has 3 aromatic rings. The fourth-order valence-electron chi connectivity index (χ4n) is 2.20. The molecule has 0 spiro atoms. The van der Waals surface area contributed by atoms with Crippen LogP contribution in [0, 0.1) is 5.82 Å². The molecule has 3 rings (SSSR count).